The summed E-state index contributed by atoms with van der Waals surface area (Å²) in [6.07, 6.45) is 9.53. The van der Waals surface area contributed by atoms with Crippen LogP contribution in [0.2, 0.25) is 0 Å². The normalized spacial score (nSPS) is 15.8. The number of hydrogen-bond acceptors (Lipinski definition) is 0. The third kappa shape index (κ3) is 3.55. The summed E-state index contributed by atoms with van der Waals surface area (Å²) in [6, 6.07) is 25.8. The van der Waals surface area contributed by atoms with E-state index in [2.05, 4.69) is 48.6 Å². The molecular weight excluding hydrogens is 318 g/mol. The Balaban J connectivity index is 1.51. The van der Waals surface area contributed by atoms with Crippen LogP contribution in [-0.2, 0) is 0 Å². The lowest BCUT2D eigenvalue weighted by Crippen LogP contribution is -2.38. The Bertz CT molecular complexity index is 909. The van der Waals surface area contributed by atoms with Crippen molar-refractivity contribution in [1.82, 2.24) is 0 Å². The van der Waals surface area contributed by atoms with Gasteiger partial charge in [-0.15, -0.1) is 0 Å². The molecule has 3 aromatic carbocycles. The molecule has 1 aliphatic rings. The summed E-state index contributed by atoms with van der Waals surface area (Å²) in [7, 11) is 0. The van der Waals surface area contributed by atoms with Crippen LogP contribution in [0.4, 0.5) is 4.32 Å². The molecule has 0 radical (unpaired) electrons. The van der Waals surface area contributed by atoms with Crippen LogP contribution in [0.15, 0.2) is 103 Å². The van der Waals surface area contributed by atoms with Crippen LogP contribution < -0.4 is 10.9 Å². The molecule has 0 N–H and O–H groups in total. The van der Waals surface area contributed by atoms with Crippen molar-refractivity contribution in [2.45, 2.75) is 12.3 Å². The second-order valence-corrected chi connectivity index (χ2v) is 6.67. The fraction of sp³-hybridized carbons (Fsp3) is 0.0833. The first-order valence-electron chi connectivity index (χ1n) is 9.04. The Hall–Kier alpha value is -2.87. The highest BCUT2D eigenvalue weighted by Gasteiger charge is 2.20. The standard InChI is InChI=1S/C24H20BF/c26-25(23-15-11-21(12-16-23)19-7-3-1-4-8-19)24-17-13-22(14-18-24)20-9-5-2-6-10-20/h1-9,11-18,20H,10H2/t20-/m0/s1. The molecule has 3 aromatic rings. The highest BCUT2D eigenvalue weighted by Crippen LogP contribution is 2.23. The van der Waals surface area contributed by atoms with Crippen molar-refractivity contribution in [2.75, 3.05) is 0 Å². The average Bonchev–Trinajstić information content (AvgIpc) is 2.75. The van der Waals surface area contributed by atoms with Crippen LogP contribution in [0.1, 0.15) is 17.9 Å². The second kappa shape index (κ2) is 7.57. The molecule has 1 atom stereocenters. The molecular formula is C24H20BF. The molecule has 0 unspecified atom stereocenters. The summed E-state index contributed by atoms with van der Waals surface area (Å²) in [5.74, 6) is 0.400. The zero-order valence-electron chi connectivity index (χ0n) is 14.6. The van der Waals surface area contributed by atoms with Gasteiger partial charge in [0.1, 0.15) is 0 Å². The molecule has 0 bridgehead atoms. The zero-order valence-corrected chi connectivity index (χ0v) is 14.6. The van der Waals surface area contributed by atoms with Crippen molar-refractivity contribution in [3.63, 3.8) is 0 Å². The number of benzene rings is 3. The molecule has 0 heterocycles. The monoisotopic (exact) mass is 338 g/mol. The summed E-state index contributed by atoms with van der Waals surface area (Å²) in [6.45, 7) is -1.10. The van der Waals surface area contributed by atoms with Crippen molar-refractivity contribution >= 4 is 17.9 Å². The van der Waals surface area contributed by atoms with Gasteiger partial charge in [0, 0.05) is 5.92 Å². The minimum atomic E-state index is -1.10. The molecule has 4 rings (SSSR count). The predicted molar refractivity (Wildman–Crippen MR) is 110 cm³/mol. The molecule has 2 heteroatoms. The van der Waals surface area contributed by atoms with Crippen LogP contribution in [-0.4, -0.2) is 6.99 Å². The molecule has 0 aliphatic heterocycles. The fourth-order valence-electron chi connectivity index (χ4n) is 3.41. The molecule has 0 spiro atoms. The van der Waals surface area contributed by atoms with Crippen LogP contribution in [0.5, 0.6) is 0 Å². The van der Waals surface area contributed by atoms with E-state index in [1.807, 2.05) is 54.6 Å². The fourth-order valence-corrected chi connectivity index (χ4v) is 3.41. The molecule has 1 aliphatic carbocycles. The maximum absolute atomic E-state index is 15.0. The second-order valence-electron chi connectivity index (χ2n) is 6.67. The van der Waals surface area contributed by atoms with Gasteiger partial charge in [-0.3, -0.25) is 0 Å². The van der Waals surface area contributed by atoms with Gasteiger partial charge in [-0.1, -0.05) is 103 Å². The first-order chi connectivity index (χ1) is 12.8. The van der Waals surface area contributed by atoms with E-state index in [9.17, 15) is 4.32 Å². The minimum Gasteiger partial charge on any atom is -0.322 e. The summed E-state index contributed by atoms with van der Waals surface area (Å²) in [5.41, 5.74) is 4.89. The molecule has 0 amide bonds. The average molecular weight is 338 g/mol. The number of rotatable bonds is 4. The first-order valence-corrected chi connectivity index (χ1v) is 9.04. The lowest BCUT2D eigenvalue weighted by atomic mass is 9.58. The number of hydrogen-bond donors (Lipinski definition) is 0. The molecule has 0 fully saturated rings. The van der Waals surface area contributed by atoms with Crippen LogP contribution in [0.25, 0.3) is 11.1 Å². The largest absolute Gasteiger partial charge is 0.413 e. The van der Waals surface area contributed by atoms with E-state index in [0.29, 0.717) is 16.8 Å². The van der Waals surface area contributed by atoms with Crippen molar-refractivity contribution in [3.8, 4) is 11.1 Å². The van der Waals surface area contributed by atoms with Gasteiger partial charge < -0.3 is 4.32 Å². The van der Waals surface area contributed by atoms with Crippen molar-refractivity contribution in [2.24, 2.45) is 0 Å². The van der Waals surface area contributed by atoms with E-state index in [4.69, 9.17) is 0 Å². The van der Waals surface area contributed by atoms with E-state index in [0.717, 1.165) is 17.5 Å². The third-order valence-electron chi connectivity index (χ3n) is 4.95. The van der Waals surface area contributed by atoms with Gasteiger partial charge in [-0.25, -0.2) is 0 Å². The van der Waals surface area contributed by atoms with E-state index in [-0.39, 0.29) is 0 Å². The third-order valence-corrected chi connectivity index (χ3v) is 4.95. The highest BCUT2D eigenvalue weighted by molar-refractivity contribution is 6.79. The van der Waals surface area contributed by atoms with Crippen LogP contribution >= 0.6 is 0 Å². The van der Waals surface area contributed by atoms with Crippen LogP contribution in [0, 0.1) is 0 Å². The van der Waals surface area contributed by atoms with E-state index in [1.54, 1.807) is 0 Å². The number of halogens is 1. The maximum Gasteiger partial charge on any atom is 0.413 e. The molecule has 126 valence electrons. The lowest BCUT2D eigenvalue weighted by Gasteiger charge is -2.14. The van der Waals surface area contributed by atoms with Gasteiger partial charge in [0.25, 0.3) is 0 Å². The summed E-state index contributed by atoms with van der Waals surface area (Å²) in [4.78, 5) is 0. The Morgan fingerprint density at radius 3 is 1.92 bits per heavy atom. The smallest absolute Gasteiger partial charge is 0.322 e. The highest BCUT2D eigenvalue weighted by atomic mass is 19.1. The van der Waals surface area contributed by atoms with Crippen LogP contribution in [0.3, 0.4) is 0 Å². The summed E-state index contributed by atoms with van der Waals surface area (Å²) < 4.78 is 15.0. The van der Waals surface area contributed by atoms with Gasteiger partial charge in [0.05, 0.1) is 0 Å². The van der Waals surface area contributed by atoms with Gasteiger partial charge in [0.15, 0.2) is 0 Å². The predicted octanol–water partition coefficient (Wildman–Crippen LogP) is 5.03. The Labute approximate surface area is 154 Å². The summed E-state index contributed by atoms with van der Waals surface area (Å²) in [5, 5.41) is 0. The van der Waals surface area contributed by atoms with Crippen molar-refractivity contribution in [3.05, 3.63) is 109 Å². The van der Waals surface area contributed by atoms with Crippen molar-refractivity contribution < 1.29 is 4.32 Å². The lowest BCUT2D eigenvalue weighted by molar-refractivity contribution is 0.852. The van der Waals surface area contributed by atoms with E-state index < -0.39 is 6.99 Å². The van der Waals surface area contributed by atoms with Gasteiger partial charge >= 0.3 is 6.99 Å². The van der Waals surface area contributed by atoms with E-state index in [1.165, 1.54) is 5.56 Å². The first kappa shape index (κ1) is 16.6. The van der Waals surface area contributed by atoms with Crippen molar-refractivity contribution in [1.29, 1.82) is 0 Å². The maximum atomic E-state index is 15.0. The molecule has 0 saturated carbocycles. The molecule has 0 aromatic heterocycles. The minimum absolute atomic E-state index is 0.400. The van der Waals surface area contributed by atoms with Gasteiger partial charge in [0.2, 0.25) is 0 Å². The summed E-state index contributed by atoms with van der Waals surface area (Å²) >= 11 is 0. The van der Waals surface area contributed by atoms with Gasteiger partial charge in [-0.2, -0.15) is 0 Å². The molecule has 0 nitrogen and oxygen atoms in total. The quantitative estimate of drug-likeness (QED) is 0.586. The SMILES string of the molecule is FB(c1ccc(-c2ccccc2)cc1)c1ccc([C@H]2C=CC=CC2)cc1. The van der Waals surface area contributed by atoms with E-state index >= 15 is 0 Å². The van der Waals surface area contributed by atoms with Gasteiger partial charge in [-0.05, 0) is 34.0 Å². The molecule has 26 heavy (non-hydrogen) atoms. The zero-order chi connectivity index (χ0) is 17.8. The topological polar surface area (TPSA) is 0 Å². The Kier molecular flexibility index (Phi) is 4.83. The Morgan fingerprint density at radius 2 is 1.31 bits per heavy atom. The number of allylic oxidation sites excluding steroid dienone is 4. The Morgan fingerprint density at radius 1 is 0.692 bits per heavy atom. The molecule has 0 saturated heterocycles.